The molecule has 11 nitrogen and oxygen atoms in total. The average Bonchev–Trinajstić information content (AvgIpc) is 2.82. The van der Waals surface area contributed by atoms with Crippen molar-refractivity contribution in [3.63, 3.8) is 0 Å². The summed E-state index contributed by atoms with van der Waals surface area (Å²) in [5.74, 6) is -3.12. The molecule has 3 atom stereocenters. The van der Waals surface area contributed by atoms with Gasteiger partial charge in [-0.2, -0.15) is 0 Å². The molecule has 0 spiro atoms. The second-order valence-electron chi connectivity index (χ2n) is 7.60. The molecule has 2 aromatic carbocycles. The van der Waals surface area contributed by atoms with Crippen molar-refractivity contribution in [1.29, 1.82) is 0 Å². The van der Waals surface area contributed by atoms with Crippen molar-refractivity contribution < 1.29 is 40.0 Å². The average molecular weight is 506 g/mol. The van der Waals surface area contributed by atoms with E-state index in [-0.39, 0.29) is 27.5 Å². The third-order valence-corrected chi connectivity index (χ3v) is 5.80. The number of hydrogen-bond acceptors (Lipinski definition) is 6. The van der Waals surface area contributed by atoms with Crippen molar-refractivity contribution in [3.05, 3.63) is 76.5 Å². The number of carboxylic acid groups (broad SMARTS) is 2. The van der Waals surface area contributed by atoms with E-state index in [0.717, 1.165) is 4.90 Å². The SMILES string of the molecule is N[C@@H](C(=O)N[C@@H]1C(=O)N2C(C(=O)O)=C(Cl)CC[C@H]12)c1ccccc1.O.O=C(O)c1ccc(O)cc1. The van der Waals surface area contributed by atoms with Gasteiger partial charge in [0.15, 0.2) is 0 Å². The van der Waals surface area contributed by atoms with Gasteiger partial charge < -0.3 is 31.8 Å². The fourth-order valence-electron chi connectivity index (χ4n) is 3.68. The van der Waals surface area contributed by atoms with Crippen LogP contribution < -0.4 is 11.1 Å². The summed E-state index contributed by atoms with van der Waals surface area (Å²) in [4.78, 5) is 47.2. The smallest absolute Gasteiger partial charge is 0.353 e. The van der Waals surface area contributed by atoms with Gasteiger partial charge in [0.25, 0.3) is 5.91 Å². The molecule has 0 unspecified atom stereocenters. The first-order valence-electron chi connectivity index (χ1n) is 10.2. The highest BCUT2D eigenvalue weighted by atomic mass is 35.5. The number of allylic oxidation sites excluding steroid dienone is 1. The molecule has 0 aromatic heterocycles. The molecular weight excluding hydrogens is 482 g/mol. The summed E-state index contributed by atoms with van der Waals surface area (Å²) in [5, 5.41) is 29.1. The lowest BCUT2D eigenvalue weighted by Crippen LogP contribution is -2.72. The van der Waals surface area contributed by atoms with Crippen LogP contribution in [0, 0.1) is 0 Å². The third kappa shape index (κ3) is 5.96. The Labute approximate surface area is 204 Å². The number of carboxylic acids is 2. The van der Waals surface area contributed by atoms with Crippen LogP contribution in [0.3, 0.4) is 0 Å². The fourth-order valence-corrected chi connectivity index (χ4v) is 3.96. The molecule has 0 saturated carbocycles. The van der Waals surface area contributed by atoms with Gasteiger partial charge in [0.1, 0.15) is 23.5 Å². The molecule has 2 amide bonds. The molecule has 1 saturated heterocycles. The van der Waals surface area contributed by atoms with Crippen molar-refractivity contribution >= 4 is 35.4 Å². The number of phenolic OH excluding ortho intramolecular Hbond substituents is 1. The van der Waals surface area contributed by atoms with Crippen LogP contribution in [-0.4, -0.2) is 61.5 Å². The van der Waals surface area contributed by atoms with Crippen LogP contribution in [-0.2, 0) is 14.4 Å². The summed E-state index contributed by atoms with van der Waals surface area (Å²) >= 11 is 5.92. The van der Waals surface area contributed by atoms with E-state index in [1.807, 2.05) is 6.07 Å². The maximum absolute atomic E-state index is 12.3. The zero-order valence-corrected chi connectivity index (χ0v) is 19.0. The number of halogens is 1. The van der Waals surface area contributed by atoms with Crippen LogP contribution in [0.15, 0.2) is 65.3 Å². The predicted octanol–water partition coefficient (Wildman–Crippen LogP) is 0.977. The Bertz CT molecular complexity index is 1140. The Morgan fingerprint density at radius 1 is 1.03 bits per heavy atom. The molecule has 2 heterocycles. The molecule has 8 N–H and O–H groups in total. The third-order valence-electron chi connectivity index (χ3n) is 5.43. The van der Waals surface area contributed by atoms with Crippen LogP contribution in [0.4, 0.5) is 0 Å². The number of hydrogen-bond donors (Lipinski definition) is 5. The van der Waals surface area contributed by atoms with E-state index in [0.29, 0.717) is 18.4 Å². The molecule has 0 radical (unpaired) electrons. The number of fused-ring (bicyclic) bond motifs is 1. The number of nitrogens with zero attached hydrogens (tertiary/aromatic N) is 1. The van der Waals surface area contributed by atoms with Gasteiger partial charge in [0, 0.05) is 5.03 Å². The van der Waals surface area contributed by atoms with Gasteiger partial charge in [-0.1, -0.05) is 41.9 Å². The van der Waals surface area contributed by atoms with Crippen LogP contribution >= 0.6 is 11.6 Å². The fraction of sp³-hybridized carbons (Fsp3) is 0.217. The Morgan fingerprint density at radius 3 is 2.17 bits per heavy atom. The van der Waals surface area contributed by atoms with Gasteiger partial charge in [-0.05, 0) is 42.7 Å². The van der Waals surface area contributed by atoms with Gasteiger partial charge in [-0.25, -0.2) is 9.59 Å². The van der Waals surface area contributed by atoms with E-state index in [9.17, 15) is 24.3 Å². The van der Waals surface area contributed by atoms with Crippen molar-refractivity contribution in [1.82, 2.24) is 10.2 Å². The molecule has 2 aliphatic heterocycles. The van der Waals surface area contributed by atoms with E-state index in [1.165, 1.54) is 24.3 Å². The maximum Gasteiger partial charge on any atom is 0.353 e. The molecular formula is C23H24ClN3O8. The molecule has 2 aliphatic rings. The van der Waals surface area contributed by atoms with Gasteiger partial charge in [-0.15, -0.1) is 0 Å². The molecule has 35 heavy (non-hydrogen) atoms. The monoisotopic (exact) mass is 505 g/mol. The minimum absolute atomic E-state index is 0. The lowest BCUT2D eigenvalue weighted by molar-refractivity contribution is -0.156. The molecule has 12 heteroatoms. The van der Waals surface area contributed by atoms with Gasteiger partial charge >= 0.3 is 11.9 Å². The Balaban J connectivity index is 0.000000332. The topological polar surface area (TPSA) is 202 Å². The number of carbonyl (C=O) groups excluding carboxylic acids is 2. The zero-order chi connectivity index (χ0) is 25.0. The molecule has 0 aliphatic carbocycles. The quantitative estimate of drug-likeness (QED) is 0.369. The normalized spacial score (nSPS) is 19.1. The van der Waals surface area contributed by atoms with Crippen molar-refractivity contribution in [2.75, 3.05) is 0 Å². The number of aliphatic carboxylic acids is 1. The van der Waals surface area contributed by atoms with E-state index in [2.05, 4.69) is 5.32 Å². The van der Waals surface area contributed by atoms with Crippen molar-refractivity contribution in [2.24, 2.45) is 5.73 Å². The molecule has 0 bridgehead atoms. The van der Waals surface area contributed by atoms with Crippen molar-refractivity contribution in [2.45, 2.75) is 31.0 Å². The number of phenols is 1. The zero-order valence-electron chi connectivity index (χ0n) is 18.2. The number of rotatable bonds is 5. The van der Waals surface area contributed by atoms with E-state index < -0.39 is 41.9 Å². The van der Waals surface area contributed by atoms with Crippen LogP contribution in [0.5, 0.6) is 5.75 Å². The summed E-state index contributed by atoms with van der Waals surface area (Å²) in [6.07, 6.45) is 0.849. The van der Waals surface area contributed by atoms with Gasteiger partial charge in [-0.3, -0.25) is 14.5 Å². The summed E-state index contributed by atoms with van der Waals surface area (Å²) in [7, 11) is 0. The number of aromatic carboxylic acids is 1. The summed E-state index contributed by atoms with van der Waals surface area (Å²) in [5.41, 5.74) is 6.53. The minimum Gasteiger partial charge on any atom is -0.508 e. The minimum atomic E-state index is -1.25. The van der Waals surface area contributed by atoms with Gasteiger partial charge in [0.05, 0.1) is 11.6 Å². The van der Waals surface area contributed by atoms with Crippen LogP contribution in [0.25, 0.3) is 0 Å². The highest BCUT2D eigenvalue weighted by molar-refractivity contribution is 6.32. The Hall–Kier alpha value is -3.93. The first-order chi connectivity index (χ1) is 16.1. The lowest BCUT2D eigenvalue weighted by Gasteiger charge is -2.49. The second kappa shape index (κ2) is 11.5. The highest BCUT2D eigenvalue weighted by Crippen LogP contribution is 2.38. The second-order valence-corrected chi connectivity index (χ2v) is 8.06. The first-order valence-corrected chi connectivity index (χ1v) is 10.6. The molecule has 2 aromatic rings. The molecule has 186 valence electrons. The summed E-state index contributed by atoms with van der Waals surface area (Å²) in [6.45, 7) is 0. The van der Waals surface area contributed by atoms with Crippen LogP contribution in [0.2, 0.25) is 0 Å². The maximum atomic E-state index is 12.3. The number of benzene rings is 2. The Kier molecular flexibility index (Phi) is 8.95. The van der Waals surface area contributed by atoms with Crippen LogP contribution in [0.1, 0.15) is 34.8 Å². The Morgan fingerprint density at radius 2 is 1.63 bits per heavy atom. The number of nitrogens with two attached hydrogens (primary N) is 1. The predicted molar refractivity (Wildman–Crippen MR) is 124 cm³/mol. The standard InChI is InChI=1S/C16H16ClN3O4.C7H6O3.H2O/c17-9-6-7-10-12(15(22)20(10)13(9)16(23)24)19-14(21)11(18)8-4-2-1-3-5-8;8-6-3-1-5(2-4-6)7(9)10;/h1-5,10-12H,6-7,18H2,(H,19,21)(H,23,24);1-4,8H,(H,9,10);1H2/t10-,11-,12+;;/m1../s1. The number of carbonyl (C=O) groups is 4. The summed E-state index contributed by atoms with van der Waals surface area (Å²) < 4.78 is 0. The van der Waals surface area contributed by atoms with Gasteiger partial charge in [0.2, 0.25) is 5.91 Å². The molecule has 1 fully saturated rings. The van der Waals surface area contributed by atoms with E-state index in [1.54, 1.807) is 24.3 Å². The van der Waals surface area contributed by atoms with E-state index in [4.69, 9.17) is 27.5 Å². The number of amides is 2. The first kappa shape index (κ1) is 27.3. The number of aromatic hydroxyl groups is 1. The highest BCUT2D eigenvalue weighted by Gasteiger charge is 2.53. The number of β-lactam (4-membered cyclic amide) rings is 1. The number of nitrogens with one attached hydrogen (secondary N) is 1. The lowest BCUT2D eigenvalue weighted by atomic mass is 9.86. The van der Waals surface area contributed by atoms with E-state index >= 15 is 0 Å². The molecule has 4 rings (SSSR count). The summed E-state index contributed by atoms with van der Waals surface area (Å²) in [6, 6.07) is 12.1. The largest absolute Gasteiger partial charge is 0.508 e. The van der Waals surface area contributed by atoms with Crippen molar-refractivity contribution in [3.8, 4) is 5.75 Å².